The Kier molecular flexibility index (Phi) is 5.54. The van der Waals surface area contributed by atoms with Gasteiger partial charge in [0.1, 0.15) is 5.82 Å². The quantitative estimate of drug-likeness (QED) is 0.417. The highest BCUT2D eigenvalue weighted by Gasteiger charge is 2.15. The van der Waals surface area contributed by atoms with Crippen LogP contribution >= 0.6 is 38.5 Å². The van der Waals surface area contributed by atoms with Gasteiger partial charge in [0.25, 0.3) is 0 Å². The first-order chi connectivity index (χ1) is 9.51. The average Bonchev–Trinajstić information content (AvgIpc) is 2.41. The second-order valence-electron chi connectivity index (χ2n) is 4.66. The topological polar surface area (TPSA) is 38.0 Å². The molecule has 0 amide bonds. The number of rotatable bonds is 4. The summed E-state index contributed by atoms with van der Waals surface area (Å²) in [7, 11) is 0. The molecule has 0 radical (unpaired) electrons. The Balaban J connectivity index is 2.31. The second kappa shape index (κ2) is 6.98. The summed E-state index contributed by atoms with van der Waals surface area (Å²) in [5.41, 5.74) is 5.97. The van der Waals surface area contributed by atoms with E-state index < -0.39 is 0 Å². The lowest BCUT2D eigenvalue weighted by Crippen LogP contribution is -2.30. The Labute approximate surface area is 140 Å². The Morgan fingerprint density at radius 3 is 2.70 bits per heavy atom. The summed E-state index contributed by atoms with van der Waals surface area (Å²) in [6.45, 7) is 1.91. The van der Waals surface area contributed by atoms with E-state index in [1.807, 2.05) is 25.1 Å². The SMILES string of the molecule is Cc1cc(F)ccc1CC(NN)c1cc(I)ccc1Br. The van der Waals surface area contributed by atoms with Crippen LogP contribution in [-0.4, -0.2) is 0 Å². The van der Waals surface area contributed by atoms with Crippen molar-refractivity contribution in [3.8, 4) is 0 Å². The maximum atomic E-state index is 13.2. The second-order valence-corrected chi connectivity index (χ2v) is 6.76. The van der Waals surface area contributed by atoms with Gasteiger partial charge in [-0.1, -0.05) is 22.0 Å². The number of nitrogens with two attached hydrogens (primary N) is 1. The molecule has 0 fully saturated rings. The van der Waals surface area contributed by atoms with Crippen molar-refractivity contribution in [3.05, 3.63) is 66.9 Å². The number of aryl methyl sites for hydroxylation is 1. The van der Waals surface area contributed by atoms with Gasteiger partial charge in [0.15, 0.2) is 0 Å². The van der Waals surface area contributed by atoms with E-state index in [1.54, 1.807) is 6.07 Å². The molecule has 2 nitrogen and oxygen atoms in total. The molecular formula is C15H15BrFIN2. The summed E-state index contributed by atoms with van der Waals surface area (Å²) in [6.07, 6.45) is 0.710. The normalized spacial score (nSPS) is 12.4. The van der Waals surface area contributed by atoms with Gasteiger partial charge in [-0.15, -0.1) is 0 Å². The minimum Gasteiger partial charge on any atom is -0.271 e. The van der Waals surface area contributed by atoms with Crippen LogP contribution in [0.25, 0.3) is 0 Å². The summed E-state index contributed by atoms with van der Waals surface area (Å²) < 4.78 is 15.3. The number of hydrogen-bond acceptors (Lipinski definition) is 2. The number of benzene rings is 2. The Bertz CT molecular complexity index is 619. The molecule has 2 aromatic rings. The summed E-state index contributed by atoms with van der Waals surface area (Å²) in [6, 6.07) is 11.0. The average molecular weight is 449 g/mol. The number of halogens is 3. The Morgan fingerprint density at radius 1 is 1.30 bits per heavy atom. The zero-order valence-electron chi connectivity index (χ0n) is 11.0. The molecule has 106 valence electrons. The van der Waals surface area contributed by atoms with Gasteiger partial charge in [-0.2, -0.15) is 0 Å². The van der Waals surface area contributed by atoms with Gasteiger partial charge in [-0.3, -0.25) is 11.3 Å². The molecule has 0 aromatic heterocycles. The molecule has 2 aromatic carbocycles. The molecule has 0 bridgehead atoms. The van der Waals surface area contributed by atoms with Crippen molar-refractivity contribution in [2.75, 3.05) is 0 Å². The molecule has 0 aliphatic rings. The molecule has 0 spiro atoms. The van der Waals surface area contributed by atoms with Gasteiger partial charge in [-0.25, -0.2) is 4.39 Å². The first-order valence-electron chi connectivity index (χ1n) is 6.17. The maximum absolute atomic E-state index is 13.2. The number of hydrazine groups is 1. The molecule has 0 aliphatic carbocycles. The first kappa shape index (κ1) is 15.9. The van der Waals surface area contributed by atoms with Crippen molar-refractivity contribution >= 4 is 38.5 Å². The van der Waals surface area contributed by atoms with E-state index in [0.29, 0.717) is 6.42 Å². The Morgan fingerprint density at radius 2 is 2.05 bits per heavy atom. The number of nitrogens with one attached hydrogen (secondary N) is 1. The highest BCUT2D eigenvalue weighted by molar-refractivity contribution is 14.1. The van der Waals surface area contributed by atoms with Crippen molar-refractivity contribution < 1.29 is 4.39 Å². The standard InChI is InChI=1S/C15H15BrFIN2/c1-9-6-11(17)3-2-10(9)7-15(20-19)13-8-12(18)4-5-14(13)16/h2-6,8,15,20H,7,19H2,1H3. The van der Waals surface area contributed by atoms with Gasteiger partial charge in [0.05, 0.1) is 6.04 Å². The van der Waals surface area contributed by atoms with Crippen molar-refractivity contribution in [3.63, 3.8) is 0 Å². The third kappa shape index (κ3) is 3.78. The fourth-order valence-electron chi connectivity index (χ4n) is 2.15. The molecule has 0 saturated carbocycles. The van der Waals surface area contributed by atoms with Gasteiger partial charge >= 0.3 is 0 Å². The molecule has 0 aliphatic heterocycles. The van der Waals surface area contributed by atoms with Crippen LogP contribution in [0.5, 0.6) is 0 Å². The fourth-order valence-corrected chi connectivity index (χ4v) is 3.19. The summed E-state index contributed by atoms with van der Waals surface area (Å²) in [4.78, 5) is 0. The largest absolute Gasteiger partial charge is 0.271 e. The van der Waals surface area contributed by atoms with E-state index in [4.69, 9.17) is 5.84 Å². The maximum Gasteiger partial charge on any atom is 0.123 e. The van der Waals surface area contributed by atoms with Gasteiger partial charge in [-0.05, 0) is 83.0 Å². The van der Waals surface area contributed by atoms with E-state index in [9.17, 15) is 4.39 Å². The van der Waals surface area contributed by atoms with Crippen LogP contribution in [0.3, 0.4) is 0 Å². The molecule has 0 saturated heterocycles. The monoisotopic (exact) mass is 448 g/mol. The highest BCUT2D eigenvalue weighted by Crippen LogP contribution is 2.28. The summed E-state index contributed by atoms with van der Waals surface area (Å²) in [5.74, 6) is 5.49. The minimum absolute atomic E-state index is 0.0248. The number of hydrogen-bond donors (Lipinski definition) is 2. The van der Waals surface area contributed by atoms with E-state index >= 15 is 0 Å². The lowest BCUT2D eigenvalue weighted by atomic mass is 9.96. The third-order valence-corrected chi connectivity index (χ3v) is 4.66. The molecule has 1 atom stereocenters. The van der Waals surface area contributed by atoms with E-state index in [2.05, 4.69) is 50.0 Å². The van der Waals surface area contributed by atoms with Crippen LogP contribution in [0.1, 0.15) is 22.7 Å². The van der Waals surface area contributed by atoms with Crippen molar-refractivity contribution in [1.82, 2.24) is 5.43 Å². The zero-order valence-corrected chi connectivity index (χ0v) is 14.7. The van der Waals surface area contributed by atoms with E-state index in [0.717, 1.165) is 24.7 Å². The molecule has 3 N–H and O–H groups in total. The predicted octanol–water partition coefficient (Wildman–Crippen LogP) is 4.25. The molecule has 1 unspecified atom stereocenters. The molecule has 2 rings (SSSR count). The summed E-state index contributed by atoms with van der Waals surface area (Å²) >= 11 is 5.83. The van der Waals surface area contributed by atoms with Crippen LogP contribution in [-0.2, 0) is 6.42 Å². The van der Waals surface area contributed by atoms with Crippen LogP contribution in [0.4, 0.5) is 4.39 Å². The van der Waals surface area contributed by atoms with Crippen molar-refractivity contribution in [2.24, 2.45) is 5.84 Å². The van der Waals surface area contributed by atoms with Crippen LogP contribution in [0.2, 0.25) is 0 Å². The first-order valence-corrected chi connectivity index (χ1v) is 8.04. The van der Waals surface area contributed by atoms with Gasteiger partial charge < -0.3 is 0 Å². The Hall–Kier alpha value is -0.500. The van der Waals surface area contributed by atoms with Gasteiger partial charge in [0, 0.05) is 8.04 Å². The van der Waals surface area contributed by atoms with Crippen LogP contribution in [0, 0.1) is 16.3 Å². The molecule has 20 heavy (non-hydrogen) atoms. The molecular weight excluding hydrogens is 434 g/mol. The van der Waals surface area contributed by atoms with Crippen molar-refractivity contribution in [1.29, 1.82) is 0 Å². The third-order valence-electron chi connectivity index (χ3n) is 3.26. The lowest BCUT2D eigenvalue weighted by Gasteiger charge is -2.19. The fraction of sp³-hybridized carbons (Fsp3) is 0.200. The van der Waals surface area contributed by atoms with Crippen LogP contribution in [0.15, 0.2) is 40.9 Å². The predicted molar refractivity (Wildman–Crippen MR) is 91.8 cm³/mol. The molecule has 0 heterocycles. The minimum atomic E-state index is -0.209. The summed E-state index contributed by atoms with van der Waals surface area (Å²) in [5, 5.41) is 0. The lowest BCUT2D eigenvalue weighted by molar-refractivity contribution is 0.547. The molecule has 5 heteroatoms. The van der Waals surface area contributed by atoms with Crippen LogP contribution < -0.4 is 11.3 Å². The smallest absolute Gasteiger partial charge is 0.123 e. The van der Waals surface area contributed by atoms with Crippen molar-refractivity contribution in [2.45, 2.75) is 19.4 Å². The highest BCUT2D eigenvalue weighted by atomic mass is 127. The zero-order chi connectivity index (χ0) is 14.7. The van der Waals surface area contributed by atoms with E-state index in [1.165, 1.54) is 6.07 Å². The van der Waals surface area contributed by atoms with Gasteiger partial charge in [0.2, 0.25) is 0 Å². The van der Waals surface area contributed by atoms with E-state index in [-0.39, 0.29) is 11.9 Å².